The van der Waals surface area contributed by atoms with Crippen molar-refractivity contribution in [2.75, 3.05) is 13.2 Å². The Morgan fingerprint density at radius 1 is 0.857 bits per heavy atom. The summed E-state index contributed by atoms with van der Waals surface area (Å²) in [7, 11) is 0. The van der Waals surface area contributed by atoms with Crippen LogP contribution in [-0.4, -0.2) is 37.8 Å². The van der Waals surface area contributed by atoms with Gasteiger partial charge in [0.2, 0.25) is 0 Å². The summed E-state index contributed by atoms with van der Waals surface area (Å²) >= 11 is 0. The molecule has 5 rings (SSSR count). The van der Waals surface area contributed by atoms with E-state index in [2.05, 4.69) is 51.4 Å². The van der Waals surface area contributed by atoms with E-state index in [4.69, 9.17) is 4.74 Å². The van der Waals surface area contributed by atoms with Crippen LogP contribution < -0.4 is 5.56 Å². The van der Waals surface area contributed by atoms with Gasteiger partial charge in [0, 0.05) is 0 Å². The summed E-state index contributed by atoms with van der Waals surface area (Å²) in [6.07, 6.45) is 3.39. The number of aromatic amines is 1. The molecule has 0 aliphatic heterocycles. The van der Waals surface area contributed by atoms with Gasteiger partial charge in [-0.05, 0) is 23.1 Å². The maximum atomic E-state index is 12.1. The number of nitrogens with zero attached hydrogens (tertiary/aromatic N) is 3. The SMILES string of the molecule is O=c1[nH]cnc2c1ncn2C(CO)CCOC(c1ccccc1)(c1ccccc1)c1ccccc1. The summed E-state index contributed by atoms with van der Waals surface area (Å²) in [5.41, 5.74) is 2.58. The van der Waals surface area contributed by atoms with Crippen molar-refractivity contribution < 1.29 is 9.84 Å². The lowest BCUT2D eigenvalue weighted by Gasteiger charge is -2.36. The zero-order valence-corrected chi connectivity index (χ0v) is 19.1. The fraction of sp³-hybridized carbons (Fsp3) is 0.179. The summed E-state index contributed by atoms with van der Waals surface area (Å²) in [6, 6.07) is 30.1. The highest BCUT2D eigenvalue weighted by Gasteiger charge is 2.37. The van der Waals surface area contributed by atoms with Gasteiger partial charge >= 0.3 is 0 Å². The molecule has 3 aromatic carbocycles. The third-order valence-corrected chi connectivity index (χ3v) is 6.28. The topological polar surface area (TPSA) is 93.0 Å². The molecule has 0 spiro atoms. The van der Waals surface area contributed by atoms with Crippen LogP contribution >= 0.6 is 0 Å². The molecular weight excluding hydrogens is 440 g/mol. The molecule has 35 heavy (non-hydrogen) atoms. The normalized spacial score (nSPS) is 12.6. The number of aliphatic hydroxyl groups is 1. The molecule has 0 aliphatic carbocycles. The molecule has 1 atom stereocenters. The van der Waals surface area contributed by atoms with Crippen LogP contribution in [0.3, 0.4) is 0 Å². The van der Waals surface area contributed by atoms with Crippen LogP contribution in [0, 0.1) is 0 Å². The second-order valence-electron chi connectivity index (χ2n) is 8.31. The Morgan fingerprint density at radius 3 is 1.91 bits per heavy atom. The number of benzene rings is 3. The minimum absolute atomic E-state index is 0.141. The number of aliphatic hydroxyl groups excluding tert-OH is 1. The lowest BCUT2D eigenvalue weighted by Crippen LogP contribution is -2.34. The maximum absolute atomic E-state index is 12.1. The predicted molar refractivity (Wildman–Crippen MR) is 134 cm³/mol. The fourth-order valence-electron chi connectivity index (χ4n) is 4.57. The van der Waals surface area contributed by atoms with Crippen LogP contribution in [0.5, 0.6) is 0 Å². The standard InChI is InChI=1S/C28H26N4O3/c33-18-24(32-20-31-25-26(32)29-19-30-27(25)34)16-17-35-28(21-10-4-1-5-11-21,22-12-6-2-7-13-22)23-14-8-3-9-15-23/h1-15,19-20,24,33H,16-18H2,(H,29,30,34). The average molecular weight is 467 g/mol. The van der Waals surface area contributed by atoms with Gasteiger partial charge in [-0.15, -0.1) is 0 Å². The van der Waals surface area contributed by atoms with Crippen molar-refractivity contribution in [3.05, 3.63) is 131 Å². The van der Waals surface area contributed by atoms with Crippen LogP contribution in [0.2, 0.25) is 0 Å². The Bertz CT molecular complexity index is 1340. The van der Waals surface area contributed by atoms with Crippen LogP contribution in [0.25, 0.3) is 11.2 Å². The molecule has 2 N–H and O–H groups in total. The molecule has 5 aromatic rings. The highest BCUT2D eigenvalue weighted by Crippen LogP contribution is 2.40. The van der Waals surface area contributed by atoms with Crippen LogP contribution in [0.15, 0.2) is 108 Å². The second-order valence-corrected chi connectivity index (χ2v) is 8.31. The van der Waals surface area contributed by atoms with Crippen molar-refractivity contribution >= 4 is 11.2 Å². The van der Waals surface area contributed by atoms with Crippen molar-refractivity contribution in [3.63, 3.8) is 0 Å². The third-order valence-electron chi connectivity index (χ3n) is 6.28. The van der Waals surface area contributed by atoms with Crippen LogP contribution in [-0.2, 0) is 10.3 Å². The van der Waals surface area contributed by atoms with Crippen molar-refractivity contribution in [2.45, 2.75) is 18.1 Å². The van der Waals surface area contributed by atoms with E-state index in [1.807, 2.05) is 54.6 Å². The zero-order valence-electron chi connectivity index (χ0n) is 19.1. The molecule has 7 nitrogen and oxygen atoms in total. The first-order valence-electron chi connectivity index (χ1n) is 11.6. The molecule has 0 saturated carbocycles. The average Bonchev–Trinajstić information content (AvgIpc) is 3.36. The summed E-state index contributed by atoms with van der Waals surface area (Å²) in [5.74, 6) is 0. The molecule has 0 radical (unpaired) electrons. The molecule has 0 amide bonds. The first-order valence-corrected chi connectivity index (χ1v) is 11.6. The van der Waals surface area contributed by atoms with Gasteiger partial charge in [-0.2, -0.15) is 0 Å². The molecule has 2 aromatic heterocycles. The Balaban J connectivity index is 1.52. The number of H-pyrrole nitrogens is 1. The first-order chi connectivity index (χ1) is 17.2. The van der Waals surface area contributed by atoms with E-state index in [0.717, 1.165) is 16.7 Å². The molecular formula is C28H26N4O3. The van der Waals surface area contributed by atoms with Gasteiger partial charge < -0.3 is 19.4 Å². The van der Waals surface area contributed by atoms with Crippen molar-refractivity contribution in [1.82, 2.24) is 19.5 Å². The summed E-state index contributed by atoms with van der Waals surface area (Å²) in [6.45, 7) is 0.199. The largest absolute Gasteiger partial charge is 0.394 e. The van der Waals surface area contributed by atoms with E-state index in [1.54, 1.807) is 10.9 Å². The molecule has 0 fully saturated rings. The minimum atomic E-state index is -0.837. The quantitative estimate of drug-likeness (QED) is 0.320. The molecule has 0 saturated heterocycles. The predicted octanol–water partition coefficient (Wildman–Crippen LogP) is 4.05. The number of aromatic nitrogens is 4. The van der Waals surface area contributed by atoms with Crippen molar-refractivity contribution in [1.29, 1.82) is 0 Å². The van der Waals surface area contributed by atoms with Crippen molar-refractivity contribution in [3.8, 4) is 0 Å². The minimum Gasteiger partial charge on any atom is -0.394 e. The lowest BCUT2D eigenvalue weighted by atomic mass is 9.80. The summed E-state index contributed by atoms with van der Waals surface area (Å²) in [4.78, 5) is 23.0. The van der Waals surface area contributed by atoms with Gasteiger partial charge in [-0.25, -0.2) is 9.97 Å². The number of nitrogens with one attached hydrogen (secondary N) is 1. The first kappa shape index (κ1) is 22.7. The van der Waals surface area contributed by atoms with E-state index < -0.39 is 5.60 Å². The lowest BCUT2D eigenvalue weighted by molar-refractivity contribution is 0.00338. The number of hydrogen-bond donors (Lipinski definition) is 2. The van der Waals surface area contributed by atoms with Gasteiger partial charge in [0.25, 0.3) is 5.56 Å². The van der Waals surface area contributed by atoms with Gasteiger partial charge in [0.1, 0.15) is 5.60 Å². The molecule has 1 unspecified atom stereocenters. The zero-order chi connectivity index (χ0) is 24.1. The smallest absolute Gasteiger partial charge is 0.278 e. The van der Waals surface area contributed by atoms with Crippen LogP contribution in [0.4, 0.5) is 0 Å². The van der Waals surface area contributed by atoms with Gasteiger partial charge in [0.15, 0.2) is 11.2 Å². The van der Waals surface area contributed by atoms with E-state index in [1.165, 1.54) is 6.33 Å². The van der Waals surface area contributed by atoms with Gasteiger partial charge in [-0.1, -0.05) is 91.0 Å². The number of imidazole rings is 1. The van der Waals surface area contributed by atoms with Crippen LogP contribution in [0.1, 0.15) is 29.2 Å². The highest BCUT2D eigenvalue weighted by molar-refractivity contribution is 5.68. The fourth-order valence-corrected chi connectivity index (χ4v) is 4.57. The van der Waals surface area contributed by atoms with Gasteiger partial charge in [0.05, 0.1) is 31.9 Å². The Labute approximate surface area is 202 Å². The maximum Gasteiger partial charge on any atom is 0.278 e. The molecule has 2 heterocycles. The van der Waals surface area contributed by atoms with E-state index in [0.29, 0.717) is 18.7 Å². The number of fused-ring (bicyclic) bond motifs is 1. The Kier molecular flexibility index (Phi) is 6.52. The van der Waals surface area contributed by atoms with Gasteiger partial charge in [-0.3, -0.25) is 4.79 Å². The second kappa shape index (κ2) is 10.0. The molecule has 0 aliphatic rings. The van der Waals surface area contributed by atoms with E-state index in [-0.39, 0.29) is 23.7 Å². The third kappa shape index (κ3) is 4.27. The highest BCUT2D eigenvalue weighted by atomic mass is 16.5. The van der Waals surface area contributed by atoms with E-state index >= 15 is 0 Å². The molecule has 0 bridgehead atoms. The summed E-state index contributed by atoms with van der Waals surface area (Å²) < 4.78 is 8.56. The molecule has 176 valence electrons. The summed E-state index contributed by atoms with van der Waals surface area (Å²) in [5, 5.41) is 10.2. The van der Waals surface area contributed by atoms with Crippen molar-refractivity contribution in [2.24, 2.45) is 0 Å². The Morgan fingerprint density at radius 2 is 1.40 bits per heavy atom. The number of rotatable bonds is 9. The molecule has 7 heteroatoms. The monoisotopic (exact) mass is 466 g/mol. The number of ether oxygens (including phenoxy) is 1. The number of hydrogen-bond acceptors (Lipinski definition) is 5. The Hall–Kier alpha value is -4.07. The van der Waals surface area contributed by atoms with E-state index in [9.17, 15) is 9.90 Å².